The summed E-state index contributed by atoms with van der Waals surface area (Å²) in [5, 5.41) is 0. The highest BCUT2D eigenvalue weighted by atomic mass is 79.9. The molecule has 0 spiro atoms. The van der Waals surface area contributed by atoms with Crippen molar-refractivity contribution in [3.05, 3.63) is 0 Å². The van der Waals surface area contributed by atoms with E-state index in [1.165, 1.54) is 12.8 Å². The molecule has 0 aromatic carbocycles. The second-order valence-corrected chi connectivity index (χ2v) is 8.25. The summed E-state index contributed by atoms with van der Waals surface area (Å²) < 4.78 is 18.6. The Labute approximate surface area is 116 Å². The van der Waals surface area contributed by atoms with Gasteiger partial charge in [0.05, 0.1) is 18.3 Å². The first-order chi connectivity index (χ1) is 8.55. The van der Waals surface area contributed by atoms with Crippen molar-refractivity contribution in [2.75, 3.05) is 0 Å². The summed E-state index contributed by atoms with van der Waals surface area (Å²) in [6.45, 7) is 4.06. The molecule has 100 valence electrons. The second kappa shape index (κ2) is 3.16. The van der Waals surface area contributed by atoms with Gasteiger partial charge in [0.15, 0.2) is 5.79 Å². The third kappa shape index (κ3) is 1.13. The minimum Gasteiger partial charge on any atom is -0.370 e. The Hall–Kier alpha value is 0.360. The smallest absolute Gasteiger partial charge is 0.163 e. The SMILES string of the molecule is CC1(C)O[C@H]2[C@@H]3O[C@@H]4[C@@H](Br)[C@H]5C[C@@H]4[C@@H]3[C@H]5C[C@H]2O1. The molecule has 2 heterocycles. The predicted octanol–water partition coefficient (Wildman–Crippen LogP) is 2.32. The maximum Gasteiger partial charge on any atom is 0.163 e. The molecule has 3 aliphatic carbocycles. The van der Waals surface area contributed by atoms with E-state index in [-0.39, 0.29) is 18.3 Å². The lowest BCUT2D eigenvalue weighted by Gasteiger charge is -2.39. The molecular formula is C14H19BrO3. The van der Waals surface area contributed by atoms with Gasteiger partial charge in [-0.3, -0.25) is 0 Å². The third-order valence-electron chi connectivity index (χ3n) is 5.97. The maximum absolute atomic E-state index is 6.38. The van der Waals surface area contributed by atoms with Gasteiger partial charge in [0.1, 0.15) is 6.10 Å². The van der Waals surface area contributed by atoms with Crippen molar-refractivity contribution in [1.29, 1.82) is 0 Å². The van der Waals surface area contributed by atoms with Crippen LogP contribution in [0.3, 0.4) is 0 Å². The van der Waals surface area contributed by atoms with E-state index < -0.39 is 5.79 Å². The summed E-state index contributed by atoms with van der Waals surface area (Å²) in [5.74, 6) is 2.70. The number of alkyl halides is 1. The standard InChI is InChI=1S/C14H19BrO3/c1-14(2)17-8-4-5-6-3-7-9(5)13(12(8)18-14)16-11(7)10(6)15/h5-13H,3-4H2,1-2H3/t5-,6-,7+,8+,9-,10-,11-,12+,13+/m0/s1. The van der Waals surface area contributed by atoms with Gasteiger partial charge in [0.25, 0.3) is 0 Å². The molecule has 2 aliphatic heterocycles. The molecular weight excluding hydrogens is 296 g/mol. The lowest BCUT2D eigenvalue weighted by Crippen LogP contribution is -2.48. The highest BCUT2D eigenvalue weighted by Crippen LogP contribution is 2.66. The van der Waals surface area contributed by atoms with Crippen molar-refractivity contribution < 1.29 is 14.2 Å². The van der Waals surface area contributed by atoms with Crippen molar-refractivity contribution in [3.8, 4) is 0 Å². The molecule has 18 heavy (non-hydrogen) atoms. The zero-order valence-corrected chi connectivity index (χ0v) is 12.3. The second-order valence-electron chi connectivity index (χ2n) is 7.19. The first-order valence-corrected chi connectivity index (χ1v) is 8.12. The summed E-state index contributed by atoms with van der Waals surface area (Å²) >= 11 is 3.88. The van der Waals surface area contributed by atoms with E-state index in [1.54, 1.807) is 0 Å². The fourth-order valence-corrected chi connectivity index (χ4v) is 6.73. The average molecular weight is 315 g/mol. The lowest BCUT2D eigenvalue weighted by molar-refractivity contribution is -0.157. The quantitative estimate of drug-likeness (QED) is 0.642. The van der Waals surface area contributed by atoms with Gasteiger partial charge in [-0.05, 0) is 50.4 Å². The van der Waals surface area contributed by atoms with Crippen LogP contribution in [0, 0.1) is 23.7 Å². The molecule has 3 saturated carbocycles. The van der Waals surface area contributed by atoms with Crippen LogP contribution in [0.15, 0.2) is 0 Å². The van der Waals surface area contributed by atoms with Gasteiger partial charge < -0.3 is 14.2 Å². The van der Waals surface area contributed by atoms with Crippen LogP contribution in [0.5, 0.6) is 0 Å². The predicted molar refractivity (Wildman–Crippen MR) is 68.4 cm³/mol. The van der Waals surface area contributed by atoms with Gasteiger partial charge in [0.2, 0.25) is 0 Å². The van der Waals surface area contributed by atoms with Gasteiger partial charge in [-0.1, -0.05) is 15.9 Å². The first kappa shape index (κ1) is 11.1. The zero-order chi connectivity index (χ0) is 12.2. The molecule has 9 atom stereocenters. The summed E-state index contributed by atoms with van der Waals surface area (Å²) in [6.07, 6.45) is 3.68. The summed E-state index contributed by atoms with van der Waals surface area (Å²) in [7, 11) is 0. The van der Waals surface area contributed by atoms with Crippen LogP contribution < -0.4 is 0 Å². The number of fused-ring (bicyclic) bond motifs is 4. The molecule has 5 rings (SSSR count). The van der Waals surface area contributed by atoms with Crippen molar-refractivity contribution in [3.63, 3.8) is 0 Å². The Bertz CT molecular complexity index is 412. The van der Waals surface area contributed by atoms with Crippen molar-refractivity contribution >= 4 is 15.9 Å². The Kier molecular flexibility index (Phi) is 1.94. The van der Waals surface area contributed by atoms with Gasteiger partial charge >= 0.3 is 0 Å². The minimum atomic E-state index is -0.423. The van der Waals surface area contributed by atoms with Crippen molar-refractivity contribution in [2.45, 2.75) is 61.7 Å². The lowest BCUT2D eigenvalue weighted by atomic mass is 9.69. The molecule has 0 amide bonds. The molecule has 0 radical (unpaired) electrons. The first-order valence-electron chi connectivity index (χ1n) is 7.20. The van der Waals surface area contributed by atoms with Crippen molar-refractivity contribution in [2.24, 2.45) is 23.7 Å². The van der Waals surface area contributed by atoms with Crippen LogP contribution in [0.4, 0.5) is 0 Å². The molecule has 0 aromatic rings. The molecule has 3 nitrogen and oxygen atoms in total. The molecule has 0 N–H and O–H groups in total. The maximum atomic E-state index is 6.38. The van der Waals surface area contributed by atoms with E-state index in [0.29, 0.717) is 10.9 Å². The molecule has 0 aromatic heterocycles. The summed E-state index contributed by atoms with van der Waals surface area (Å²) in [5.41, 5.74) is 0. The van der Waals surface area contributed by atoms with Crippen LogP contribution in [0.2, 0.25) is 0 Å². The van der Waals surface area contributed by atoms with Crippen molar-refractivity contribution in [1.82, 2.24) is 0 Å². The Morgan fingerprint density at radius 2 is 1.78 bits per heavy atom. The Balaban J connectivity index is 1.55. The van der Waals surface area contributed by atoms with E-state index in [0.717, 1.165) is 23.7 Å². The monoisotopic (exact) mass is 314 g/mol. The fraction of sp³-hybridized carbons (Fsp3) is 1.00. The van der Waals surface area contributed by atoms with Crippen LogP contribution in [0.1, 0.15) is 26.7 Å². The van der Waals surface area contributed by atoms with Gasteiger partial charge in [-0.15, -0.1) is 0 Å². The molecule has 4 heteroatoms. The van der Waals surface area contributed by atoms with E-state index in [9.17, 15) is 0 Å². The molecule has 0 unspecified atom stereocenters. The Morgan fingerprint density at radius 1 is 0.944 bits per heavy atom. The Morgan fingerprint density at radius 3 is 2.61 bits per heavy atom. The molecule has 5 fully saturated rings. The van der Waals surface area contributed by atoms with E-state index in [1.807, 2.05) is 13.8 Å². The minimum absolute atomic E-state index is 0.172. The van der Waals surface area contributed by atoms with E-state index in [4.69, 9.17) is 14.2 Å². The van der Waals surface area contributed by atoms with Crippen LogP contribution in [-0.4, -0.2) is 35.0 Å². The zero-order valence-electron chi connectivity index (χ0n) is 10.7. The normalized spacial score (nSPS) is 66.5. The topological polar surface area (TPSA) is 27.7 Å². The average Bonchev–Trinajstić information content (AvgIpc) is 2.93. The molecule has 2 bridgehead atoms. The fourth-order valence-electron chi connectivity index (χ4n) is 5.60. The summed E-state index contributed by atoms with van der Waals surface area (Å²) in [4.78, 5) is 0.570. The van der Waals surface area contributed by atoms with Crippen LogP contribution in [0.25, 0.3) is 0 Å². The van der Waals surface area contributed by atoms with Gasteiger partial charge in [0, 0.05) is 4.83 Å². The molecule has 5 aliphatic rings. The molecule has 2 saturated heterocycles. The van der Waals surface area contributed by atoms with Crippen LogP contribution >= 0.6 is 15.9 Å². The number of rotatable bonds is 0. The van der Waals surface area contributed by atoms with E-state index >= 15 is 0 Å². The van der Waals surface area contributed by atoms with Gasteiger partial charge in [-0.2, -0.15) is 0 Å². The third-order valence-corrected chi connectivity index (χ3v) is 7.17. The number of hydrogen-bond acceptors (Lipinski definition) is 3. The number of halogens is 1. The van der Waals surface area contributed by atoms with E-state index in [2.05, 4.69) is 15.9 Å². The van der Waals surface area contributed by atoms with Crippen LogP contribution in [-0.2, 0) is 14.2 Å². The largest absolute Gasteiger partial charge is 0.370 e. The van der Waals surface area contributed by atoms with Gasteiger partial charge in [-0.25, -0.2) is 0 Å². The number of ether oxygens (including phenoxy) is 3. The highest BCUT2D eigenvalue weighted by molar-refractivity contribution is 9.09. The number of hydrogen-bond donors (Lipinski definition) is 0. The highest BCUT2D eigenvalue weighted by Gasteiger charge is 2.70. The summed E-state index contributed by atoms with van der Waals surface area (Å²) in [6, 6.07) is 0.